The van der Waals surface area contributed by atoms with E-state index in [1.807, 2.05) is 6.08 Å². The van der Waals surface area contributed by atoms with Crippen molar-refractivity contribution in [2.75, 3.05) is 79.3 Å². The molecule has 10 heteroatoms. The molecule has 0 amide bonds. The van der Waals surface area contributed by atoms with Crippen molar-refractivity contribution in [3.05, 3.63) is 342 Å². The van der Waals surface area contributed by atoms with E-state index >= 15 is 0 Å². The van der Waals surface area contributed by atoms with Crippen molar-refractivity contribution in [1.82, 2.24) is 0 Å². The molecular formula is C119H134F2O8. The van der Waals surface area contributed by atoms with E-state index in [2.05, 4.69) is 296 Å². The highest BCUT2D eigenvalue weighted by Gasteiger charge is 2.50. The molecule has 20 rings (SSSR count). The maximum atomic E-state index is 12.3. The summed E-state index contributed by atoms with van der Waals surface area (Å²) in [5.41, 5.74) is 40.7. The highest BCUT2D eigenvalue weighted by atomic mass is 19.3. The Morgan fingerprint density at radius 3 is 1.01 bits per heavy atom. The molecule has 672 valence electrons. The molecule has 129 heavy (non-hydrogen) atoms. The van der Waals surface area contributed by atoms with Gasteiger partial charge in [-0.3, -0.25) is 0 Å². The van der Waals surface area contributed by atoms with Crippen LogP contribution in [0.3, 0.4) is 0 Å². The molecule has 4 heterocycles. The third kappa shape index (κ3) is 19.2. The van der Waals surface area contributed by atoms with Gasteiger partial charge in [-0.2, -0.15) is 8.78 Å². The van der Waals surface area contributed by atoms with E-state index in [4.69, 9.17) is 37.9 Å². The SMILES string of the molecule is C=CCCCCCC1(CCCCCC=C(F)F)c2cc(C)ccc2-c2ccc(C)cc21.CCC1(COc2ccc(C3(c4ccc(OCC5(CC)COC5)cc4)c4cc(C)ccc4-c4ccc(C)cc43)cc2)COC1.Cc1cc(-c2ccc3c(c2)CC3)c(C)cc1-c1ccc2c(c1)CC2.Cc1ccc2c(c1)C(CCOCC1(C)CO1)(CCOCC1(C)CO1)c1cc(C)ccc1-2. The third-order valence-corrected chi connectivity index (χ3v) is 30.1. The van der Waals surface area contributed by atoms with Crippen LogP contribution < -0.4 is 9.47 Å². The molecule has 9 aliphatic rings. The topological polar surface area (TPSA) is 80.4 Å². The zero-order valence-electron chi connectivity index (χ0n) is 78.7. The second kappa shape index (κ2) is 38.5. The number of allylic oxidation sites excluding steroid dienone is 2. The summed E-state index contributed by atoms with van der Waals surface area (Å²) in [4.78, 5) is 0. The first-order valence-electron chi connectivity index (χ1n) is 48.1. The summed E-state index contributed by atoms with van der Waals surface area (Å²) >= 11 is 0. The Morgan fingerprint density at radius 1 is 0.357 bits per heavy atom. The number of hydrogen-bond donors (Lipinski definition) is 0. The molecule has 11 aromatic rings. The smallest absolute Gasteiger partial charge is 0.266 e. The van der Waals surface area contributed by atoms with Crippen molar-refractivity contribution < 1.29 is 46.7 Å². The fraction of sp³-hybridized carbons (Fsp3) is 0.412. The van der Waals surface area contributed by atoms with Crippen LogP contribution >= 0.6 is 0 Å². The van der Waals surface area contributed by atoms with Crippen molar-refractivity contribution >= 4 is 0 Å². The Labute approximate surface area is 767 Å². The lowest BCUT2D eigenvalue weighted by Crippen LogP contribution is -2.46. The molecular weight excluding hydrogens is 1600 g/mol. The van der Waals surface area contributed by atoms with E-state index in [-0.39, 0.29) is 32.9 Å². The van der Waals surface area contributed by atoms with Crippen LogP contribution in [0.2, 0.25) is 0 Å². The summed E-state index contributed by atoms with van der Waals surface area (Å²) in [7, 11) is 0. The van der Waals surface area contributed by atoms with Crippen LogP contribution in [0.25, 0.3) is 55.6 Å². The fourth-order valence-corrected chi connectivity index (χ4v) is 21.2. The van der Waals surface area contributed by atoms with Crippen LogP contribution in [0.4, 0.5) is 8.78 Å². The Bertz CT molecular complexity index is 5560. The van der Waals surface area contributed by atoms with E-state index in [1.54, 1.807) is 0 Å². The number of aryl methyl sites for hydroxylation is 12. The number of epoxide rings is 2. The Hall–Kier alpha value is -9.88. The maximum Gasteiger partial charge on any atom is 0.266 e. The van der Waals surface area contributed by atoms with Gasteiger partial charge in [0, 0.05) is 24.0 Å². The zero-order valence-corrected chi connectivity index (χ0v) is 78.7. The third-order valence-electron chi connectivity index (χ3n) is 30.1. The Balaban J connectivity index is 0.000000123. The highest BCUT2D eigenvalue weighted by Crippen LogP contribution is 2.59. The van der Waals surface area contributed by atoms with Gasteiger partial charge >= 0.3 is 0 Å². The van der Waals surface area contributed by atoms with Crippen molar-refractivity contribution in [2.45, 2.75) is 226 Å². The van der Waals surface area contributed by atoms with Gasteiger partial charge in [0.25, 0.3) is 6.08 Å². The number of hydrogen-bond acceptors (Lipinski definition) is 8. The lowest BCUT2D eigenvalue weighted by atomic mass is 9.67. The molecule has 5 aliphatic carbocycles. The summed E-state index contributed by atoms with van der Waals surface area (Å²) in [6, 6.07) is 77.8. The molecule has 0 spiro atoms. The minimum absolute atomic E-state index is 0.0397. The van der Waals surface area contributed by atoms with Gasteiger partial charge in [-0.15, -0.1) is 6.58 Å². The molecule has 2 atom stereocenters. The van der Waals surface area contributed by atoms with Gasteiger partial charge in [0.2, 0.25) is 0 Å². The predicted molar refractivity (Wildman–Crippen MR) is 523 cm³/mol. The minimum atomic E-state index is -1.56. The van der Waals surface area contributed by atoms with Crippen LogP contribution in [0.1, 0.15) is 229 Å². The van der Waals surface area contributed by atoms with Gasteiger partial charge in [0.15, 0.2) is 0 Å². The lowest BCUT2D eigenvalue weighted by molar-refractivity contribution is -0.133. The van der Waals surface area contributed by atoms with Gasteiger partial charge in [-0.1, -0.05) is 261 Å². The van der Waals surface area contributed by atoms with Crippen LogP contribution in [0, 0.1) is 66.2 Å². The van der Waals surface area contributed by atoms with E-state index in [0.717, 1.165) is 121 Å². The van der Waals surface area contributed by atoms with Crippen molar-refractivity contribution in [3.8, 4) is 67.1 Å². The van der Waals surface area contributed by atoms with Crippen LogP contribution in [-0.2, 0) is 70.3 Å². The van der Waals surface area contributed by atoms with Crippen LogP contribution in [0.15, 0.2) is 231 Å². The Morgan fingerprint density at radius 2 is 0.698 bits per heavy atom. The summed E-state index contributed by atoms with van der Waals surface area (Å²) in [5.74, 6) is 1.80. The quantitative estimate of drug-likeness (QED) is 0.0224. The zero-order chi connectivity index (χ0) is 89.9. The van der Waals surface area contributed by atoms with Crippen LogP contribution in [-0.4, -0.2) is 90.5 Å². The van der Waals surface area contributed by atoms with Crippen molar-refractivity contribution in [3.63, 3.8) is 0 Å². The maximum absolute atomic E-state index is 12.3. The molecule has 2 unspecified atom stereocenters. The number of halogens is 2. The average molecular weight is 1730 g/mol. The summed E-state index contributed by atoms with van der Waals surface area (Å²) < 4.78 is 71.6. The molecule has 0 bridgehead atoms. The lowest BCUT2D eigenvalue weighted by Gasteiger charge is -2.40. The van der Waals surface area contributed by atoms with E-state index < -0.39 is 11.5 Å². The minimum Gasteiger partial charge on any atom is -0.493 e. The number of rotatable bonds is 34. The van der Waals surface area contributed by atoms with Gasteiger partial charge in [0.05, 0.1) is 82.3 Å². The molecule has 11 aromatic carbocycles. The van der Waals surface area contributed by atoms with Gasteiger partial charge in [0.1, 0.15) is 22.7 Å². The Kier molecular flexibility index (Phi) is 27.2. The second-order valence-electron chi connectivity index (χ2n) is 40.0. The van der Waals surface area contributed by atoms with Crippen LogP contribution in [0.5, 0.6) is 11.5 Å². The first kappa shape index (κ1) is 91.0. The van der Waals surface area contributed by atoms with Crippen molar-refractivity contribution in [1.29, 1.82) is 0 Å². The normalized spacial score (nSPS) is 18.7. The molecule has 4 saturated heterocycles. The monoisotopic (exact) mass is 1730 g/mol. The second-order valence-corrected chi connectivity index (χ2v) is 40.0. The van der Waals surface area contributed by atoms with Gasteiger partial charge in [-0.05, 0) is 323 Å². The number of ether oxygens (including phenoxy) is 8. The molecule has 0 radical (unpaired) electrons. The molecule has 0 aromatic heterocycles. The fourth-order valence-electron chi connectivity index (χ4n) is 21.2. The van der Waals surface area contributed by atoms with Crippen molar-refractivity contribution in [2.24, 2.45) is 10.8 Å². The highest BCUT2D eigenvalue weighted by molar-refractivity contribution is 5.88. The average Bonchev–Trinajstić information content (AvgIpc) is 1.54. The largest absolute Gasteiger partial charge is 0.493 e. The summed E-state index contributed by atoms with van der Waals surface area (Å²) in [6.07, 6.45) is 20.8. The summed E-state index contributed by atoms with van der Waals surface area (Å²) in [5, 5.41) is 0. The first-order valence-corrected chi connectivity index (χ1v) is 48.1. The van der Waals surface area contributed by atoms with E-state index in [9.17, 15) is 8.78 Å². The predicted octanol–water partition coefficient (Wildman–Crippen LogP) is 28.5. The number of fused-ring (bicyclic) bond motifs is 11. The van der Waals surface area contributed by atoms with E-state index in [1.165, 1.54) is 212 Å². The molecule has 4 aliphatic heterocycles. The number of unbranched alkanes of at least 4 members (excludes halogenated alkanes) is 6. The van der Waals surface area contributed by atoms with E-state index in [0.29, 0.717) is 46.1 Å². The molecule has 8 nitrogen and oxygen atoms in total. The summed E-state index contributed by atoms with van der Waals surface area (Å²) in [6.45, 7) is 39.0. The molecule has 0 saturated carbocycles. The molecule has 0 N–H and O–H groups in total. The van der Waals surface area contributed by atoms with Gasteiger partial charge < -0.3 is 37.9 Å². The number of benzene rings is 11. The molecule has 4 fully saturated rings. The standard InChI is InChI=1S/C39H42O4.C29H36F2.C27H34O4.C24H22/c1-5-37(21-40-22-37)25-42-31-13-9-29(10-14-31)39(30-11-15-32(16-12-30)43-26-38(6-2)23-41-24-38)35-19-27(3)7-17-33(35)34-18-8-28(4)20-36(34)39;1-4-5-6-8-11-18-29(19-12-9-7-10-13-28(30)31)26-20-22(2)14-16-24(26)25-17-15-23(3)21-27(25)29;1-19-5-7-21-22-8-6-20(2)14-24(22)27(23(21)13-19,9-11-28-15-25(3)17-30-25)10-12-29-16-26(4)18-31-26;1-15-11-24(22-10-6-18-4-8-20(18)14-22)16(2)12-23(15)21-9-5-17-3-7-19(17)13-21/h7-20H,5-6,21-26H2,1-4H3;4,13-17,20-21H,1,5-12,18-19H2,2-3H3;5-8,13-14H,9-12,15-18H2,1-4H3;5-6,9-14H,3-4,7-8H2,1-2H3. The first-order chi connectivity index (χ1) is 62.4. The van der Waals surface area contributed by atoms with Gasteiger partial charge in [-0.25, -0.2) is 0 Å².